The molecule has 0 spiro atoms. The molecular formula is C15H20NO2+. The molecule has 18 heavy (non-hydrogen) atoms. The normalized spacial score (nSPS) is 14.9. The van der Waals surface area contributed by atoms with Gasteiger partial charge in [0, 0.05) is 12.8 Å². The average Bonchev–Trinajstić information content (AvgIpc) is 2.92. The van der Waals surface area contributed by atoms with E-state index in [0.717, 1.165) is 18.0 Å². The van der Waals surface area contributed by atoms with Crippen molar-refractivity contribution in [1.29, 1.82) is 0 Å². The molecule has 0 amide bonds. The molecule has 0 atom stereocenters. The fraction of sp³-hybridized carbons (Fsp3) is 0.467. The lowest BCUT2D eigenvalue weighted by atomic mass is 10.3. The topological polar surface area (TPSA) is 22.9 Å². The van der Waals surface area contributed by atoms with Crippen molar-refractivity contribution in [2.75, 3.05) is 33.4 Å². The number of para-hydroxylation sites is 2. The second kappa shape index (κ2) is 6.93. The van der Waals surface area contributed by atoms with Crippen LogP contribution in [0.2, 0.25) is 0 Å². The minimum atomic E-state index is 0.424. The number of quaternary nitrogens is 1. The summed E-state index contributed by atoms with van der Waals surface area (Å²) in [5.41, 5.74) is 0. The Balaban J connectivity index is 1.75. The third-order valence-electron chi connectivity index (χ3n) is 3.14. The Morgan fingerprint density at radius 1 is 1.11 bits per heavy atom. The van der Waals surface area contributed by atoms with E-state index in [1.165, 1.54) is 25.9 Å². The number of likely N-dealkylation sites (tertiary alicyclic amines) is 1. The van der Waals surface area contributed by atoms with Gasteiger partial charge in [0.05, 0.1) is 20.2 Å². The fourth-order valence-electron chi connectivity index (χ4n) is 2.14. The summed E-state index contributed by atoms with van der Waals surface area (Å²) in [5, 5.41) is 0. The van der Waals surface area contributed by atoms with Crippen LogP contribution in [0.25, 0.3) is 0 Å². The molecule has 0 aliphatic carbocycles. The van der Waals surface area contributed by atoms with E-state index in [-0.39, 0.29) is 0 Å². The van der Waals surface area contributed by atoms with Crippen LogP contribution >= 0.6 is 0 Å². The summed E-state index contributed by atoms with van der Waals surface area (Å²) in [4.78, 5) is 1.60. The van der Waals surface area contributed by atoms with Crippen molar-refractivity contribution < 1.29 is 14.4 Å². The molecule has 1 saturated heterocycles. The van der Waals surface area contributed by atoms with Gasteiger partial charge in [-0.3, -0.25) is 0 Å². The highest BCUT2D eigenvalue weighted by atomic mass is 16.5. The molecule has 3 heteroatoms. The smallest absolute Gasteiger partial charge is 0.162 e. The molecule has 1 aliphatic rings. The third kappa shape index (κ3) is 3.68. The monoisotopic (exact) mass is 246 g/mol. The minimum Gasteiger partial charge on any atom is -0.493 e. The van der Waals surface area contributed by atoms with Crippen molar-refractivity contribution in [2.24, 2.45) is 0 Å². The predicted octanol–water partition coefficient (Wildman–Crippen LogP) is 0.756. The molecule has 3 nitrogen and oxygen atoms in total. The zero-order valence-electron chi connectivity index (χ0n) is 10.9. The number of rotatable bonds is 4. The first-order valence-electron chi connectivity index (χ1n) is 6.45. The Kier molecular flexibility index (Phi) is 4.92. The largest absolute Gasteiger partial charge is 0.493 e. The van der Waals surface area contributed by atoms with Crippen LogP contribution < -0.4 is 14.4 Å². The first-order valence-corrected chi connectivity index (χ1v) is 6.45. The van der Waals surface area contributed by atoms with Crippen molar-refractivity contribution >= 4 is 0 Å². The van der Waals surface area contributed by atoms with Crippen molar-refractivity contribution in [3.05, 3.63) is 24.3 Å². The molecule has 2 rings (SSSR count). The van der Waals surface area contributed by atoms with E-state index < -0.39 is 0 Å². The molecule has 0 radical (unpaired) electrons. The summed E-state index contributed by atoms with van der Waals surface area (Å²) >= 11 is 0. The summed E-state index contributed by atoms with van der Waals surface area (Å²) < 4.78 is 10.8. The molecule has 1 aromatic rings. The lowest BCUT2D eigenvalue weighted by Gasteiger charge is -2.07. The number of hydrogen-bond acceptors (Lipinski definition) is 2. The first kappa shape index (κ1) is 12.8. The van der Waals surface area contributed by atoms with Gasteiger partial charge in [0.2, 0.25) is 0 Å². The highest BCUT2D eigenvalue weighted by Gasteiger charge is 2.12. The van der Waals surface area contributed by atoms with E-state index >= 15 is 0 Å². The van der Waals surface area contributed by atoms with Gasteiger partial charge < -0.3 is 14.4 Å². The summed E-state index contributed by atoms with van der Waals surface area (Å²) in [7, 11) is 1.64. The zero-order valence-corrected chi connectivity index (χ0v) is 10.9. The molecule has 1 N–H and O–H groups in total. The molecule has 0 aromatic heterocycles. The van der Waals surface area contributed by atoms with Gasteiger partial charge in [0.15, 0.2) is 11.5 Å². The van der Waals surface area contributed by atoms with Gasteiger partial charge in [-0.1, -0.05) is 18.1 Å². The Morgan fingerprint density at radius 3 is 2.56 bits per heavy atom. The average molecular weight is 246 g/mol. The third-order valence-corrected chi connectivity index (χ3v) is 3.14. The second-order valence-corrected chi connectivity index (χ2v) is 4.43. The number of benzene rings is 1. The van der Waals surface area contributed by atoms with Crippen LogP contribution in [0.1, 0.15) is 12.8 Å². The molecule has 0 unspecified atom stereocenters. The first-order chi connectivity index (χ1) is 8.90. The van der Waals surface area contributed by atoms with Crippen molar-refractivity contribution in [1.82, 2.24) is 0 Å². The highest BCUT2D eigenvalue weighted by molar-refractivity contribution is 5.39. The minimum absolute atomic E-state index is 0.424. The highest BCUT2D eigenvalue weighted by Crippen LogP contribution is 2.25. The van der Waals surface area contributed by atoms with E-state index in [1.807, 2.05) is 24.3 Å². The molecule has 0 saturated carbocycles. The maximum absolute atomic E-state index is 5.58. The van der Waals surface area contributed by atoms with Gasteiger partial charge in [0.25, 0.3) is 0 Å². The zero-order chi connectivity index (χ0) is 12.6. The summed E-state index contributed by atoms with van der Waals surface area (Å²) in [5.74, 6) is 7.75. The lowest BCUT2D eigenvalue weighted by molar-refractivity contribution is -0.879. The second-order valence-electron chi connectivity index (χ2n) is 4.43. The summed E-state index contributed by atoms with van der Waals surface area (Å²) in [6.07, 6.45) is 2.68. The van der Waals surface area contributed by atoms with E-state index in [2.05, 4.69) is 11.8 Å². The Labute approximate surface area is 109 Å². The molecule has 0 bridgehead atoms. The van der Waals surface area contributed by atoms with Gasteiger partial charge in [-0.05, 0) is 18.1 Å². The lowest BCUT2D eigenvalue weighted by Crippen LogP contribution is -3.09. The maximum atomic E-state index is 5.58. The summed E-state index contributed by atoms with van der Waals surface area (Å²) in [6.45, 7) is 3.90. The Morgan fingerprint density at radius 2 is 1.83 bits per heavy atom. The van der Waals surface area contributed by atoms with Crippen LogP contribution in [0.3, 0.4) is 0 Å². The van der Waals surface area contributed by atoms with Gasteiger partial charge >= 0.3 is 0 Å². The number of methoxy groups -OCH3 is 1. The number of nitrogens with one attached hydrogen (secondary N) is 1. The van der Waals surface area contributed by atoms with E-state index in [9.17, 15) is 0 Å². The molecule has 96 valence electrons. The van der Waals surface area contributed by atoms with Crippen molar-refractivity contribution in [3.63, 3.8) is 0 Å². The van der Waals surface area contributed by atoms with Gasteiger partial charge in [-0.2, -0.15) is 0 Å². The maximum Gasteiger partial charge on any atom is 0.162 e. The van der Waals surface area contributed by atoms with Gasteiger partial charge in [-0.15, -0.1) is 0 Å². The van der Waals surface area contributed by atoms with Crippen molar-refractivity contribution in [2.45, 2.75) is 12.8 Å². The van der Waals surface area contributed by atoms with Crippen LogP contribution in [-0.2, 0) is 0 Å². The molecule has 1 aliphatic heterocycles. The SMILES string of the molecule is COc1ccccc1OCC#CC[NH+]1CCCC1. The quantitative estimate of drug-likeness (QED) is 0.793. The Hall–Kier alpha value is -1.66. The summed E-state index contributed by atoms with van der Waals surface area (Å²) in [6, 6.07) is 7.64. The number of hydrogen-bond donors (Lipinski definition) is 1. The van der Waals surface area contributed by atoms with Crippen LogP contribution in [-0.4, -0.2) is 33.4 Å². The van der Waals surface area contributed by atoms with Crippen molar-refractivity contribution in [3.8, 4) is 23.3 Å². The molecule has 1 aromatic carbocycles. The molecule has 1 fully saturated rings. The van der Waals surface area contributed by atoms with E-state index in [1.54, 1.807) is 12.0 Å². The van der Waals surface area contributed by atoms with E-state index in [0.29, 0.717) is 6.61 Å². The standard InChI is InChI=1S/C15H19NO2/c1-17-14-8-2-3-9-15(14)18-13-7-6-12-16-10-4-5-11-16/h2-3,8-9H,4-5,10-13H2,1H3/p+1. The van der Waals surface area contributed by atoms with Crippen LogP contribution in [0.4, 0.5) is 0 Å². The fourth-order valence-corrected chi connectivity index (χ4v) is 2.14. The van der Waals surface area contributed by atoms with Gasteiger partial charge in [-0.25, -0.2) is 0 Å². The Bertz CT molecular complexity index is 428. The van der Waals surface area contributed by atoms with E-state index in [4.69, 9.17) is 9.47 Å². The van der Waals surface area contributed by atoms with Crippen LogP contribution in [0.5, 0.6) is 11.5 Å². The molecule has 1 heterocycles. The predicted molar refractivity (Wildman–Crippen MR) is 71.1 cm³/mol. The van der Waals surface area contributed by atoms with Crippen LogP contribution in [0.15, 0.2) is 24.3 Å². The molecular weight excluding hydrogens is 226 g/mol. The van der Waals surface area contributed by atoms with Gasteiger partial charge in [0.1, 0.15) is 13.2 Å². The van der Waals surface area contributed by atoms with Crippen LogP contribution in [0, 0.1) is 11.8 Å². The number of ether oxygens (including phenoxy) is 2.